The number of halogens is 1. The van der Waals surface area contributed by atoms with Gasteiger partial charge in [0.2, 0.25) is 5.95 Å². The van der Waals surface area contributed by atoms with Crippen LogP contribution in [0.5, 0.6) is 0 Å². The Morgan fingerprint density at radius 3 is 3.10 bits per heavy atom. The fraction of sp³-hybridized carbons (Fsp3) is 0.692. The van der Waals surface area contributed by atoms with E-state index in [-0.39, 0.29) is 17.7 Å². The van der Waals surface area contributed by atoms with Crippen LogP contribution in [0.3, 0.4) is 0 Å². The van der Waals surface area contributed by atoms with E-state index in [1.165, 1.54) is 0 Å². The Balaban J connectivity index is 1.82. The van der Waals surface area contributed by atoms with Crippen molar-refractivity contribution in [3.8, 4) is 0 Å². The smallest absolute Gasteiger partial charge is 0.239 e. The molecule has 1 saturated carbocycles. The van der Waals surface area contributed by atoms with Gasteiger partial charge < -0.3 is 10.0 Å². The number of hydrazine groups is 1. The Morgan fingerprint density at radius 1 is 1.45 bits per heavy atom. The maximum absolute atomic E-state index is 13.9. The lowest BCUT2D eigenvalue weighted by Gasteiger charge is -2.47. The first kappa shape index (κ1) is 13.5. The van der Waals surface area contributed by atoms with Crippen molar-refractivity contribution in [1.82, 2.24) is 9.97 Å². The van der Waals surface area contributed by atoms with Crippen LogP contribution in [0.2, 0.25) is 0 Å². The summed E-state index contributed by atoms with van der Waals surface area (Å²) >= 11 is 0. The van der Waals surface area contributed by atoms with E-state index in [1.54, 1.807) is 0 Å². The topological polar surface area (TPSA) is 87.3 Å². The number of anilines is 2. The molecule has 1 aliphatic carbocycles. The van der Waals surface area contributed by atoms with Crippen molar-refractivity contribution in [3.63, 3.8) is 0 Å². The zero-order valence-electron chi connectivity index (χ0n) is 11.3. The van der Waals surface area contributed by atoms with E-state index in [2.05, 4.69) is 15.4 Å². The standard InChI is InChI=1S/C13H20FN5O/c14-10-7-16-12(18-15)17-11(10)19-6-5-13(20)4-2-1-3-9(13)8-19/h7,9,20H,1-6,8,15H2,(H,16,17,18). The SMILES string of the molecule is NNc1ncc(F)c(N2CCC3(O)CCCCC3C2)n1. The van der Waals surface area contributed by atoms with E-state index in [9.17, 15) is 9.50 Å². The van der Waals surface area contributed by atoms with Crippen molar-refractivity contribution in [3.05, 3.63) is 12.0 Å². The third kappa shape index (κ3) is 2.31. The van der Waals surface area contributed by atoms with Gasteiger partial charge in [0, 0.05) is 19.0 Å². The molecule has 2 fully saturated rings. The molecule has 0 bridgehead atoms. The minimum absolute atomic E-state index is 0.189. The van der Waals surface area contributed by atoms with Crippen LogP contribution < -0.4 is 16.2 Å². The molecule has 3 rings (SSSR count). The van der Waals surface area contributed by atoms with Crippen LogP contribution in [-0.4, -0.2) is 33.8 Å². The first-order valence-electron chi connectivity index (χ1n) is 7.09. The Labute approximate surface area is 117 Å². The second-order valence-corrected chi connectivity index (χ2v) is 5.75. The molecule has 7 heteroatoms. The molecule has 0 aromatic carbocycles. The Morgan fingerprint density at radius 2 is 2.30 bits per heavy atom. The van der Waals surface area contributed by atoms with Gasteiger partial charge in [-0.15, -0.1) is 0 Å². The Kier molecular flexibility index (Phi) is 3.47. The summed E-state index contributed by atoms with van der Waals surface area (Å²) in [7, 11) is 0. The van der Waals surface area contributed by atoms with E-state index >= 15 is 0 Å². The van der Waals surface area contributed by atoms with Crippen LogP contribution in [0.4, 0.5) is 16.2 Å². The molecule has 2 unspecified atom stereocenters. The van der Waals surface area contributed by atoms with Crippen molar-refractivity contribution < 1.29 is 9.50 Å². The maximum atomic E-state index is 13.9. The van der Waals surface area contributed by atoms with Gasteiger partial charge in [0.1, 0.15) is 0 Å². The van der Waals surface area contributed by atoms with Gasteiger partial charge in [0.15, 0.2) is 11.6 Å². The molecule has 2 aliphatic rings. The predicted octanol–water partition coefficient (Wildman–Crippen LogP) is 1.03. The molecule has 1 saturated heterocycles. The van der Waals surface area contributed by atoms with Crippen molar-refractivity contribution in [1.29, 1.82) is 0 Å². The number of piperidine rings is 1. The molecule has 0 radical (unpaired) electrons. The monoisotopic (exact) mass is 281 g/mol. The fourth-order valence-corrected chi connectivity index (χ4v) is 3.41. The van der Waals surface area contributed by atoms with Gasteiger partial charge in [-0.1, -0.05) is 12.8 Å². The lowest BCUT2D eigenvalue weighted by atomic mass is 9.71. The number of aromatic nitrogens is 2. The summed E-state index contributed by atoms with van der Waals surface area (Å²) in [4.78, 5) is 9.74. The van der Waals surface area contributed by atoms with Crippen molar-refractivity contribution in [2.24, 2.45) is 11.8 Å². The molecular formula is C13H20FN5O. The van der Waals surface area contributed by atoms with Crippen LogP contribution in [0.25, 0.3) is 0 Å². The molecule has 20 heavy (non-hydrogen) atoms. The average molecular weight is 281 g/mol. The molecule has 6 nitrogen and oxygen atoms in total. The van der Waals surface area contributed by atoms with Gasteiger partial charge >= 0.3 is 0 Å². The van der Waals surface area contributed by atoms with Crippen LogP contribution in [0.1, 0.15) is 32.1 Å². The van der Waals surface area contributed by atoms with E-state index in [4.69, 9.17) is 5.84 Å². The van der Waals surface area contributed by atoms with Crippen LogP contribution >= 0.6 is 0 Å². The van der Waals surface area contributed by atoms with E-state index in [0.29, 0.717) is 19.5 Å². The number of fused-ring (bicyclic) bond motifs is 1. The first-order chi connectivity index (χ1) is 9.62. The summed E-state index contributed by atoms with van der Waals surface area (Å²) in [5.41, 5.74) is 1.76. The minimum atomic E-state index is -0.576. The molecule has 0 spiro atoms. The normalized spacial score (nSPS) is 29.9. The number of hydrogen-bond donors (Lipinski definition) is 3. The molecule has 2 heterocycles. The quantitative estimate of drug-likeness (QED) is 0.554. The minimum Gasteiger partial charge on any atom is -0.389 e. The third-order valence-electron chi connectivity index (χ3n) is 4.58. The van der Waals surface area contributed by atoms with Gasteiger partial charge in [0.25, 0.3) is 0 Å². The fourth-order valence-electron chi connectivity index (χ4n) is 3.41. The first-order valence-corrected chi connectivity index (χ1v) is 7.09. The van der Waals surface area contributed by atoms with Crippen molar-refractivity contribution in [2.75, 3.05) is 23.4 Å². The van der Waals surface area contributed by atoms with Crippen LogP contribution in [0, 0.1) is 11.7 Å². The summed E-state index contributed by atoms with van der Waals surface area (Å²) in [5, 5.41) is 10.6. The number of nitrogen functional groups attached to an aromatic ring is 1. The highest BCUT2D eigenvalue weighted by Crippen LogP contribution is 2.40. The van der Waals surface area contributed by atoms with Crippen molar-refractivity contribution in [2.45, 2.75) is 37.7 Å². The molecule has 2 atom stereocenters. The molecule has 0 amide bonds. The number of nitrogens with zero attached hydrogens (tertiary/aromatic N) is 3. The highest BCUT2D eigenvalue weighted by Gasteiger charge is 2.43. The van der Waals surface area contributed by atoms with E-state index in [0.717, 1.165) is 31.9 Å². The number of hydrogen-bond acceptors (Lipinski definition) is 6. The number of nitrogens with two attached hydrogens (primary N) is 1. The third-order valence-corrected chi connectivity index (χ3v) is 4.58. The van der Waals surface area contributed by atoms with Crippen molar-refractivity contribution >= 4 is 11.8 Å². The summed E-state index contributed by atoms with van der Waals surface area (Å²) < 4.78 is 13.9. The molecule has 1 aromatic rings. The lowest BCUT2D eigenvalue weighted by Crippen LogP contribution is -2.53. The molecular weight excluding hydrogens is 261 g/mol. The highest BCUT2D eigenvalue weighted by molar-refractivity contribution is 5.44. The van der Waals surface area contributed by atoms with E-state index < -0.39 is 11.4 Å². The van der Waals surface area contributed by atoms with Gasteiger partial charge in [-0.25, -0.2) is 15.2 Å². The second kappa shape index (κ2) is 5.14. The zero-order valence-corrected chi connectivity index (χ0v) is 11.3. The van der Waals surface area contributed by atoms with Crippen LogP contribution in [-0.2, 0) is 0 Å². The predicted molar refractivity (Wildman–Crippen MR) is 73.5 cm³/mol. The number of aliphatic hydroxyl groups is 1. The van der Waals surface area contributed by atoms with E-state index in [1.807, 2.05) is 4.90 Å². The molecule has 110 valence electrons. The van der Waals surface area contributed by atoms with Gasteiger partial charge in [0.05, 0.1) is 11.8 Å². The summed E-state index contributed by atoms with van der Waals surface area (Å²) in [6.07, 6.45) is 5.83. The zero-order chi connectivity index (χ0) is 14.2. The summed E-state index contributed by atoms with van der Waals surface area (Å²) in [6, 6.07) is 0. The molecule has 1 aromatic heterocycles. The lowest BCUT2D eigenvalue weighted by molar-refractivity contribution is -0.0614. The molecule has 1 aliphatic heterocycles. The maximum Gasteiger partial charge on any atom is 0.239 e. The van der Waals surface area contributed by atoms with Gasteiger partial charge in [-0.2, -0.15) is 4.98 Å². The summed E-state index contributed by atoms with van der Waals surface area (Å²) in [6.45, 7) is 1.24. The average Bonchev–Trinajstić information content (AvgIpc) is 2.47. The largest absolute Gasteiger partial charge is 0.389 e. The Bertz CT molecular complexity index is 500. The number of nitrogens with one attached hydrogen (secondary N) is 1. The van der Waals surface area contributed by atoms with Gasteiger partial charge in [-0.3, -0.25) is 5.43 Å². The van der Waals surface area contributed by atoms with Crippen LogP contribution in [0.15, 0.2) is 6.20 Å². The molecule has 4 N–H and O–H groups in total. The van der Waals surface area contributed by atoms with Gasteiger partial charge in [-0.05, 0) is 19.3 Å². The highest BCUT2D eigenvalue weighted by atomic mass is 19.1. The Hall–Kier alpha value is -1.47. The summed E-state index contributed by atoms with van der Waals surface area (Å²) in [5.74, 6) is 5.47. The number of rotatable bonds is 2. The second-order valence-electron chi connectivity index (χ2n) is 5.75.